The fourth-order valence-electron chi connectivity index (χ4n) is 3.05. The Morgan fingerprint density at radius 3 is 2.22 bits per heavy atom. The van der Waals surface area contributed by atoms with E-state index in [1.807, 2.05) is 38.1 Å². The molecule has 174 valence electrons. The Kier molecular flexibility index (Phi) is 10.3. The first-order valence-electron chi connectivity index (χ1n) is 10.9. The molecule has 0 aromatic heterocycles. The van der Waals surface area contributed by atoms with Crippen molar-refractivity contribution >= 4 is 23.4 Å². The van der Waals surface area contributed by atoms with Crippen LogP contribution >= 0.6 is 11.6 Å². The summed E-state index contributed by atoms with van der Waals surface area (Å²) in [6, 6.07) is 14.0. The monoisotopic (exact) mass is 460 g/mol. The summed E-state index contributed by atoms with van der Waals surface area (Å²) < 4.78 is 10.9. The number of nitrogens with one attached hydrogen (secondary N) is 1. The highest BCUT2D eigenvalue weighted by Gasteiger charge is 2.25. The molecular formula is C25H33ClN2O4. The van der Waals surface area contributed by atoms with Crippen LogP contribution in [0.15, 0.2) is 48.5 Å². The van der Waals surface area contributed by atoms with Gasteiger partial charge in [0.2, 0.25) is 11.8 Å². The number of rotatable bonds is 12. The van der Waals surface area contributed by atoms with E-state index in [1.165, 1.54) is 0 Å². The number of hydrogen-bond acceptors (Lipinski definition) is 4. The second-order valence-corrected chi connectivity index (χ2v) is 8.53. The summed E-state index contributed by atoms with van der Waals surface area (Å²) in [5.74, 6) is 1.54. The number of carbonyl (C=O) groups is 2. The number of hydrogen-bond donors (Lipinski definition) is 1. The van der Waals surface area contributed by atoms with Gasteiger partial charge < -0.3 is 19.7 Å². The fourth-order valence-corrected chi connectivity index (χ4v) is 3.18. The van der Waals surface area contributed by atoms with Gasteiger partial charge in [-0.1, -0.05) is 37.6 Å². The minimum absolute atomic E-state index is 0.0901. The Morgan fingerprint density at radius 2 is 1.62 bits per heavy atom. The highest BCUT2D eigenvalue weighted by Crippen LogP contribution is 2.18. The second kappa shape index (κ2) is 13.0. The van der Waals surface area contributed by atoms with Gasteiger partial charge in [0.1, 0.15) is 17.5 Å². The molecule has 0 aliphatic carbocycles. The molecule has 0 spiro atoms. The van der Waals surface area contributed by atoms with Crippen LogP contribution in [-0.4, -0.2) is 43.0 Å². The van der Waals surface area contributed by atoms with Gasteiger partial charge in [0.05, 0.1) is 13.7 Å². The Balaban J connectivity index is 1.99. The topological polar surface area (TPSA) is 67.9 Å². The average Bonchev–Trinajstić information content (AvgIpc) is 2.79. The first kappa shape index (κ1) is 25.5. The van der Waals surface area contributed by atoms with Crippen molar-refractivity contribution in [3.05, 3.63) is 59.1 Å². The Bertz CT molecular complexity index is 853. The maximum absolute atomic E-state index is 13.1. The van der Waals surface area contributed by atoms with E-state index in [2.05, 4.69) is 5.32 Å². The van der Waals surface area contributed by atoms with Gasteiger partial charge in [-0.15, -0.1) is 0 Å². The summed E-state index contributed by atoms with van der Waals surface area (Å²) in [5.41, 5.74) is 0.931. The minimum atomic E-state index is -0.583. The smallest absolute Gasteiger partial charge is 0.242 e. The van der Waals surface area contributed by atoms with E-state index in [1.54, 1.807) is 43.2 Å². The van der Waals surface area contributed by atoms with Crippen molar-refractivity contribution < 1.29 is 19.1 Å². The number of carbonyl (C=O) groups excluding carboxylic acids is 2. The summed E-state index contributed by atoms with van der Waals surface area (Å²) in [6.07, 6.45) is 0.826. The Labute approximate surface area is 195 Å². The van der Waals surface area contributed by atoms with Gasteiger partial charge in [0, 0.05) is 24.5 Å². The quantitative estimate of drug-likeness (QED) is 0.466. The van der Waals surface area contributed by atoms with Gasteiger partial charge in [-0.05, 0) is 61.2 Å². The predicted molar refractivity (Wildman–Crippen MR) is 127 cm³/mol. The first-order valence-corrected chi connectivity index (χ1v) is 11.3. The normalized spacial score (nSPS) is 11.7. The molecule has 32 heavy (non-hydrogen) atoms. The Hall–Kier alpha value is -2.73. The van der Waals surface area contributed by atoms with Crippen LogP contribution in [0.2, 0.25) is 5.02 Å². The lowest BCUT2D eigenvalue weighted by atomic mass is 10.1. The lowest BCUT2D eigenvalue weighted by Gasteiger charge is -2.29. The van der Waals surface area contributed by atoms with E-state index >= 15 is 0 Å². The van der Waals surface area contributed by atoms with Gasteiger partial charge in [0.15, 0.2) is 0 Å². The van der Waals surface area contributed by atoms with Crippen LogP contribution in [0.5, 0.6) is 11.5 Å². The van der Waals surface area contributed by atoms with Gasteiger partial charge in [-0.3, -0.25) is 9.59 Å². The third kappa shape index (κ3) is 8.42. The van der Waals surface area contributed by atoms with Crippen LogP contribution in [0.1, 0.15) is 39.2 Å². The summed E-state index contributed by atoms with van der Waals surface area (Å²) in [6.45, 7) is 7.15. The number of halogens is 1. The van der Waals surface area contributed by atoms with Crippen LogP contribution in [0.3, 0.4) is 0 Å². The van der Waals surface area contributed by atoms with Crippen molar-refractivity contribution in [2.45, 2.75) is 46.2 Å². The third-order valence-corrected chi connectivity index (χ3v) is 5.23. The molecule has 0 saturated carbocycles. The average molecular weight is 461 g/mol. The van der Waals surface area contributed by atoms with Crippen LogP contribution in [0, 0.1) is 5.92 Å². The molecule has 1 N–H and O–H groups in total. The number of ether oxygens (including phenoxy) is 2. The summed E-state index contributed by atoms with van der Waals surface area (Å²) in [5, 5.41) is 3.57. The fraction of sp³-hybridized carbons (Fsp3) is 0.440. The van der Waals surface area contributed by atoms with Crippen LogP contribution in [0.25, 0.3) is 0 Å². The highest BCUT2D eigenvalue weighted by atomic mass is 35.5. The Morgan fingerprint density at radius 1 is 1.00 bits per heavy atom. The molecule has 0 heterocycles. The largest absolute Gasteiger partial charge is 0.497 e. The zero-order valence-electron chi connectivity index (χ0n) is 19.3. The number of nitrogens with zero attached hydrogens (tertiary/aromatic N) is 1. The van der Waals surface area contributed by atoms with Crippen molar-refractivity contribution in [3.8, 4) is 11.5 Å². The molecule has 2 aromatic rings. The molecule has 1 atom stereocenters. The van der Waals surface area contributed by atoms with Crippen molar-refractivity contribution in [1.29, 1.82) is 0 Å². The zero-order chi connectivity index (χ0) is 23.5. The van der Waals surface area contributed by atoms with Crippen molar-refractivity contribution in [2.75, 3.05) is 20.3 Å². The second-order valence-electron chi connectivity index (χ2n) is 8.09. The molecule has 2 amide bonds. The molecule has 0 bridgehead atoms. The van der Waals surface area contributed by atoms with E-state index < -0.39 is 6.04 Å². The van der Waals surface area contributed by atoms with Crippen LogP contribution < -0.4 is 14.8 Å². The van der Waals surface area contributed by atoms with Gasteiger partial charge in [0.25, 0.3) is 0 Å². The molecule has 0 radical (unpaired) electrons. The summed E-state index contributed by atoms with van der Waals surface area (Å²) in [7, 11) is 1.61. The van der Waals surface area contributed by atoms with Crippen LogP contribution in [0.4, 0.5) is 0 Å². The van der Waals surface area contributed by atoms with Gasteiger partial charge in [-0.2, -0.15) is 0 Å². The number of benzene rings is 2. The van der Waals surface area contributed by atoms with E-state index in [-0.39, 0.29) is 18.2 Å². The summed E-state index contributed by atoms with van der Waals surface area (Å²) in [4.78, 5) is 27.3. The van der Waals surface area contributed by atoms with Gasteiger partial charge >= 0.3 is 0 Å². The molecule has 6 nitrogen and oxygen atoms in total. The van der Waals surface area contributed by atoms with Crippen molar-refractivity contribution in [1.82, 2.24) is 10.2 Å². The molecule has 1 unspecified atom stereocenters. The number of methoxy groups -OCH3 is 1. The first-order chi connectivity index (χ1) is 15.3. The highest BCUT2D eigenvalue weighted by molar-refractivity contribution is 6.30. The molecule has 2 rings (SSSR count). The lowest BCUT2D eigenvalue weighted by molar-refractivity contribution is -0.140. The van der Waals surface area contributed by atoms with E-state index in [0.717, 1.165) is 11.3 Å². The lowest BCUT2D eigenvalue weighted by Crippen LogP contribution is -2.48. The van der Waals surface area contributed by atoms with Gasteiger partial charge in [-0.25, -0.2) is 0 Å². The van der Waals surface area contributed by atoms with Crippen LogP contribution in [-0.2, 0) is 16.1 Å². The van der Waals surface area contributed by atoms with E-state index in [4.69, 9.17) is 21.1 Å². The number of amides is 2. The van der Waals surface area contributed by atoms with Crippen molar-refractivity contribution in [3.63, 3.8) is 0 Å². The maximum atomic E-state index is 13.1. The molecule has 2 aromatic carbocycles. The predicted octanol–water partition coefficient (Wildman–Crippen LogP) is 4.70. The van der Waals surface area contributed by atoms with E-state index in [0.29, 0.717) is 42.8 Å². The zero-order valence-corrected chi connectivity index (χ0v) is 20.0. The molecule has 0 saturated heterocycles. The third-order valence-electron chi connectivity index (χ3n) is 4.98. The SMILES string of the molecule is COc1ccc(CN(C(=O)CCCOc2ccc(Cl)cc2)C(C)C(=O)NCC(C)C)cc1. The molecule has 0 aliphatic heterocycles. The molecule has 0 fully saturated rings. The standard InChI is InChI=1S/C25H33ClN2O4/c1-18(2)16-27-25(30)19(3)28(17-20-7-11-22(31-4)12-8-20)24(29)6-5-15-32-23-13-9-21(26)10-14-23/h7-14,18-19H,5-6,15-17H2,1-4H3,(H,27,30). The molecule has 0 aliphatic rings. The maximum Gasteiger partial charge on any atom is 0.242 e. The summed E-state index contributed by atoms with van der Waals surface area (Å²) >= 11 is 5.88. The van der Waals surface area contributed by atoms with Crippen molar-refractivity contribution in [2.24, 2.45) is 5.92 Å². The minimum Gasteiger partial charge on any atom is -0.497 e. The van der Waals surface area contributed by atoms with E-state index in [9.17, 15) is 9.59 Å². The molecule has 7 heteroatoms. The molecular weight excluding hydrogens is 428 g/mol.